The van der Waals surface area contributed by atoms with Crippen LogP contribution in [-0.4, -0.2) is 6.47 Å². The van der Waals surface area contributed by atoms with Crippen LogP contribution >= 0.6 is 63.7 Å². The summed E-state index contributed by atoms with van der Waals surface area (Å²) < 4.78 is 0.0147. The molecule has 0 heterocycles. The Morgan fingerprint density at radius 3 is 1.25 bits per heavy atom. The maximum atomic E-state index is 3.72. The Balaban J connectivity index is 2.66. The van der Waals surface area contributed by atoms with Crippen molar-refractivity contribution in [2.75, 3.05) is 0 Å². The van der Waals surface area contributed by atoms with Crippen molar-refractivity contribution in [3.05, 3.63) is 0 Å². The monoisotopic (exact) mass is 424 g/mol. The molecule has 0 atom stereocenters. The molecular formula is C8H12Br4. The van der Waals surface area contributed by atoms with E-state index < -0.39 is 0 Å². The second kappa shape index (κ2) is 4.63. The number of hydrogen-bond donors (Lipinski definition) is 0. The zero-order chi connectivity index (χ0) is 9.24. The van der Waals surface area contributed by atoms with Gasteiger partial charge in [0.25, 0.3) is 0 Å². The first-order chi connectivity index (χ1) is 5.46. The van der Waals surface area contributed by atoms with E-state index in [2.05, 4.69) is 63.7 Å². The number of halogens is 4. The van der Waals surface area contributed by atoms with Gasteiger partial charge in [-0.05, 0) is 12.8 Å². The van der Waals surface area contributed by atoms with Crippen LogP contribution in [0.3, 0.4) is 0 Å². The van der Waals surface area contributed by atoms with E-state index in [1.54, 1.807) is 0 Å². The molecule has 12 heavy (non-hydrogen) atoms. The smallest absolute Gasteiger partial charge is 0.0702 e. The molecule has 1 rings (SSSR count). The van der Waals surface area contributed by atoms with Crippen LogP contribution in [0.4, 0.5) is 0 Å². The Labute approximate surface area is 108 Å². The average molecular weight is 428 g/mol. The third kappa shape index (κ3) is 2.96. The number of hydrogen-bond acceptors (Lipinski definition) is 0. The topological polar surface area (TPSA) is 0 Å². The summed E-state index contributed by atoms with van der Waals surface area (Å²) in [6.45, 7) is 0. The quantitative estimate of drug-likeness (QED) is 0.459. The molecule has 0 N–H and O–H groups in total. The van der Waals surface area contributed by atoms with E-state index in [1.165, 1.54) is 25.7 Å². The zero-order valence-corrected chi connectivity index (χ0v) is 13.1. The third-order valence-corrected chi connectivity index (χ3v) is 8.69. The highest BCUT2D eigenvalue weighted by molar-refractivity contribution is 9.30. The summed E-state index contributed by atoms with van der Waals surface area (Å²) in [5.41, 5.74) is 0. The highest BCUT2D eigenvalue weighted by Gasteiger charge is 2.44. The van der Waals surface area contributed by atoms with Gasteiger partial charge in [0.1, 0.15) is 6.47 Å². The minimum Gasteiger partial charge on any atom is -0.0702 e. The highest BCUT2D eigenvalue weighted by atomic mass is 79.9. The SMILES string of the molecule is BrC1(Br)CCCCCCC1(Br)Br. The van der Waals surface area contributed by atoms with Crippen molar-refractivity contribution in [3.8, 4) is 0 Å². The maximum absolute atomic E-state index is 3.72. The molecule has 1 aliphatic rings. The van der Waals surface area contributed by atoms with E-state index in [4.69, 9.17) is 0 Å². The minimum absolute atomic E-state index is 0.00736. The Kier molecular flexibility index (Phi) is 4.62. The summed E-state index contributed by atoms with van der Waals surface area (Å²) in [5.74, 6) is 0. The predicted molar refractivity (Wildman–Crippen MR) is 68.9 cm³/mol. The summed E-state index contributed by atoms with van der Waals surface area (Å²) in [7, 11) is 0. The van der Waals surface area contributed by atoms with E-state index in [0.717, 1.165) is 12.8 Å². The van der Waals surface area contributed by atoms with E-state index in [0.29, 0.717) is 0 Å². The normalized spacial score (nSPS) is 29.0. The van der Waals surface area contributed by atoms with Gasteiger partial charge in [-0.1, -0.05) is 89.4 Å². The number of rotatable bonds is 0. The average Bonchev–Trinajstić information content (AvgIpc) is 1.94. The Morgan fingerprint density at radius 1 is 0.583 bits per heavy atom. The second-order valence-electron chi connectivity index (χ2n) is 3.32. The van der Waals surface area contributed by atoms with E-state index in [1.807, 2.05) is 0 Å². The Morgan fingerprint density at radius 2 is 0.917 bits per heavy atom. The lowest BCUT2D eigenvalue weighted by Gasteiger charge is -2.36. The first kappa shape index (κ1) is 12.0. The van der Waals surface area contributed by atoms with Crippen LogP contribution in [0.15, 0.2) is 0 Å². The van der Waals surface area contributed by atoms with Gasteiger partial charge in [-0.3, -0.25) is 0 Å². The van der Waals surface area contributed by atoms with Gasteiger partial charge in [-0.2, -0.15) is 0 Å². The molecule has 0 saturated heterocycles. The summed E-state index contributed by atoms with van der Waals surface area (Å²) in [4.78, 5) is 0. The van der Waals surface area contributed by atoms with Crippen molar-refractivity contribution in [2.45, 2.75) is 45.0 Å². The van der Waals surface area contributed by atoms with Gasteiger partial charge in [-0.25, -0.2) is 0 Å². The molecule has 4 heteroatoms. The lowest BCUT2D eigenvalue weighted by atomic mass is 10.0. The fraction of sp³-hybridized carbons (Fsp3) is 1.00. The summed E-state index contributed by atoms with van der Waals surface area (Å²) in [6, 6.07) is 0. The molecule has 1 aliphatic carbocycles. The van der Waals surface area contributed by atoms with Crippen molar-refractivity contribution >= 4 is 63.7 Å². The van der Waals surface area contributed by atoms with Gasteiger partial charge in [0, 0.05) is 0 Å². The summed E-state index contributed by atoms with van der Waals surface area (Å²) >= 11 is 14.9. The van der Waals surface area contributed by atoms with Crippen LogP contribution in [0.2, 0.25) is 0 Å². The summed E-state index contributed by atoms with van der Waals surface area (Å²) in [5, 5.41) is 0. The molecule has 0 aromatic carbocycles. The fourth-order valence-electron chi connectivity index (χ4n) is 1.41. The van der Waals surface area contributed by atoms with Crippen LogP contribution in [-0.2, 0) is 0 Å². The molecule has 0 nitrogen and oxygen atoms in total. The molecule has 1 fully saturated rings. The van der Waals surface area contributed by atoms with Crippen molar-refractivity contribution in [3.63, 3.8) is 0 Å². The van der Waals surface area contributed by atoms with Gasteiger partial charge in [0.2, 0.25) is 0 Å². The first-order valence-electron chi connectivity index (χ1n) is 4.21. The van der Waals surface area contributed by atoms with Crippen molar-refractivity contribution in [1.29, 1.82) is 0 Å². The molecule has 0 spiro atoms. The van der Waals surface area contributed by atoms with Gasteiger partial charge >= 0.3 is 0 Å². The molecule has 1 saturated carbocycles. The van der Waals surface area contributed by atoms with Crippen molar-refractivity contribution < 1.29 is 0 Å². The largest absolute Gasteiger partial charge is 0.105 e. The van der Waals surface area contributed by atoms with Crippen LogP contribution in [0.25, 0.3) is 0 Å². The minimum atomic E-state index is 0.00736. The first-order valence-corrected chi connectivity index (χ1v) is 7.39. The van der Waals surface area contributed by atoms with Gasteiger partial charge in [-0.15, -0.1) is 0 Å². The highest BCUT2D eigenvalue weighted by Crippen LogP contribution is 2.54. The van der Waals surface area contributed by atoms with Crippen LogP contribution in [0.1, 0.15) is 38.5 Å². The molecule has 0 aliphatic heterocycles. The predicted octanol–water partition coefficient (Wildman–Crippen LogP) is 5.31. The summed E-state index contributed by atoms with van der Waals surface area (Å²) in [6.07, 6.45) is 7.60. The van der Waals surface area contributed by atoms with Crippen LogP contribution in [0, 0.1) is 0 Å². The molecule has 72 valence electrons. The standard InChI is InChI=1S/C8H12Br4/c9-7(10)5-3-1-2-4-6-8(7,11)12/h1-6H2. The van der Waals surface area contributed by atoms with Crippen molar-refractivity contribution in [2.24, 2.45) is 0 Å². The van der Waals surface area contributed by atoms with E-state index >= 15 is 0 Å². The lowest BCUT2D eigenvalue weighted by molar-refractivity contribution is 0.502. The molecule has 0 amide bonds. The molecule has 0 unspecified atom stereocenters. The van der Waals surface area contributed by atoms with Gasteiger partial charge in [0.05, 0.1) is 0 Å². The molecule has 0 radical (unpaired) electrons. The molecule has 0 aromatic rings. The van der Waals surface area contributed by atoms with Crippen molar-refractivity contribution in [1.82, 2.24) is 0 Å². The maximum Gasteiger partial charge on any atom is 0.105 e. The molecular weight excluding hydrogens is 416 g/mol. The van der Waals surface area contributed by atoms with E-state index in [-0.39, 0.29) is 6.47 Å². The lowest BCUT2D eigenvalue weighted by Crippen LogP contribution is -2.35. The Hall–Kier alpha value is 1.92. The molecule has 0 aromatic heterocycles. The van der Waals surface area contributed by atoms with Gasteiger partial charge < -0.3 is 0 Å². The third-order valence-electron chi connectivity index (χ3n) is 2.27. The number of alkyl halides is 4. The van der Waals surface area contributed by atoms with Gasteiger partial charge in [0.15, 0.2) is 0 Å². The molecule has 0 bridgehead atoms. The fourth-order valence-corrected chi connectivity index (χ4v) is 3.33. The second-order valence-corrected chi connectivity index (χ2v) is 10.9. The Bertz CT molecular complexity index is 135. The zero-order valence-electron chi connectivity index (χ0n) is 6.75. The van der Waals surface area contributed by atoms with Crippen LogP contribution in [0.5, 0.6) is 0 Å². The van der Waals surface area contributed by atoms with Crippen LogP contribution < -0.4 is 0 Å². The van der Waals surface area contributed by atoms with E-state index in [9.17, 15) is 0 Å².